The van der Waals surface area contributed by atoms with Crippen molar-refractivity contribution >= 4 is 22.6 Å². The smallest absolute Gasteiger partial charge is 0.323 e. The molecule has 2 rings (SSSR count). The van der Waals surface area contributed by atoms with E-state index in [0.29, 0.717) is 12.4 Å². The lowest BCUT2D eigenvalue weighted by Gasteiger charge is -2.18. The number of rotatable bonds is 4. The summed E-state index contributed by atoms with van der Waals surface area (Å²) < 4.78 is 11.4. The number of pyridine rings is 1. The Kier molecular flexibility index (Phi) is 5.50. The van der Waals surface area contributed by atoms with Crippen LogP contribution in [0.1, 0.15) is 16.8 Å². The van der Waals surface area contributed by atoms with Gasteiger partial charge in [-0.05, 0) is 49.2 Å². The Hall–Kier alpha value is -2.21. The Balaban J connectivity index is 2.00. The third kappa shape index (κ3) is 4.89. The monoisotopic (exact) mass is 331 g/mol. The van der Waals surface area contributed by atoms with Crippen LogP contribution in [0.2, 0.25) is 0 Å². The molecule has 1 heterocycles. The summed E-state index contributed by atoms with van der Waals surface area (Å²) in [6.45, 7) is 4.33. The topological polar surface area (TPSA) is 62.3 Å². The fourth-order valence-electron chi connectivity index (χ4n) is 2.24. The third-order valence-electron chi connectivity index (χ3n) is 3.35. The number of benzene rings is 1. The Morgan fingerprint density at radius 3 is 2.43 bits per heavy atom. The van der Waals surface area contributed by atoms with E-state index in [4.69, 9.17) is 0 Å². The van der Waals surface area contributed by atoms with Gasteiger partial charge in [-0.15, -0.1) is 0 Å². The minimum absolute atomic E-state index is 0.217. The lowest BCUT2D eigenvalue weighted by Crippen LogP contribution is -2.31. The van der Waals surface area contributed by atoms with E-state index in [1.165, 1.54) is 0 Å². The zero-order chi connectivity index (χ0) is 17.0. The number of hydrogen-bond acceptors (Lipinski definition) is 3. The van der Waals surface area contributed by atoms with E-state index in [-0.39, 0.29) is 6.03 Å². The maximum atomic E-state index is 12.2. The standard InChI is InChI=1S/C17H21N3O2S/c1-12-9-13(2)18-16(10-12)19-17(21)20(3)11-14-5-7-15(8-6-14)23(4)22/h5-10H,11H2,1-4H3,(H,18,19,21). The van der Waals surface area contributed by atoms with Gasteiger partial charge in [-0.3, -0.25) is 9.53 Å². The van der Waals surface area contributed by atoms with Gasteiger partial charge in [0.1, 0.15) is 5.82 Å². The Morgan fingerprint density at radius 1 is 1.22 bits per heavy atom. The van der Waals surface area contributed by atoms with Crippen molar-refractivity contribution < 1.29 is 9.00 Å². The van der Waals surface area contributed by atoms with E-state index >= 15 is 0 Å². The molecule has 0 aliphatic rings. The van der Waals surface area contributed by atoms with Gasteiger partial charge >= 0.3 is 6.03 Å². The van der Waals surface area contributed by atoms with Crippen LogP contribution < -0.4 is 5.32 Å². The molecule has 0 fully saturated rings. The molecule has 1 unspecified atom stereocenters. The lowest BCUT2D eigenvalue weighted by molar-refractivity contribution is 0.220. The minimum Gasteiger partial charge on any atom is -0.323 e. The first-order valence-electron chi connectivity index (χ1n) is 7.25. The fraction of sp³-hybridized carbons (Fsp3) is 0.294. The van der Waals surface area contributed by atoms with Gasteiger partial charge in [-0.2, -0.15) is 0 Å². The predicted octanol–water partition coefficient (Wildman–Crippen LogP) is 3.10. The molecule has 0 radical (unpaired) electrons. The number of carbonyl (C=O) groups is 1. The number of aromatic nitrogens is 1. The van der Waals surface area contributed by atoms with Crippen molar-refractivity contribution in [3.63, 3.8) is 0 Å². The highest BCUT2D eigenvalue weighted by Gasteiger charge is 2.11. The molecule has 5 nitrogen and oxygen atoms in total. The van der Waals surface area contributed by atoms with E-state index in [0.717, 1.165) is 21.7 Å². The van der Waals surface area contributed by atoms with Crippen LogP contribution in [-0.4, -0.2) is 33.4 Å². The van der Waals surface area contributed by atoms with Crippen LogP contribution >= 0.6 is 0 Å². The molecule has 1 aromatic heterocycles. The molecule has 0 aliphatic carbocycles. The van der Waals surface area contributed by atoms with E-state index in [9.17, 15) is 9.00 Å². The normalized spacial score (nSPS) is 11.8. The largest absolute Gasteiger partial charge is 0.323 e. The average Bonchev–Trinajstić information content (AvgIpc) is 2.46. The summed E-state index contributed by atoms with van der Waals surface area (Å²) in [5, 5.41) is 2.80. The second-order valence-corrected chi connectivity index (χ2v) is 6.94. The number of carbonyl (C=O) groups excluding carboxylic acids is 1. The second-order valence-electron chi connectivity index (χ2n) is 5.56. The van der Waals surface area contributed by atoms with E-state index in [1.54, 1.807) is 18.2 Å². The Bertz CT molecular complexity index is 709. The molecule has 6 heteroatoms. The molecular weight excluding hydrogens is 310 g/mol. The fourth-order valence-corrected chi connectivity index (χ4v) is 2.76. The predicted molar refractivity (Wildman–Crippen MR) is 93.0 cm³/mol. The number of nitrogens with one attached hydrogen (secondary N) is 1. The zero-order valence-electron chi connectivity index (χ0n) is 13.8. The number of anilines is 1. The molecule has 0 bridgehead atoms. The SMILES string of the molecule is Cc1cc(C)nc(NC(=O)N(C)Cc2ccc(S(C)=O)cc2)c1. The maximum Gasteiger partial charge on any atom is 0.323 e. The zero-order valence-corrected chi connectivity index (χ0v) is 14.6. The summed E-state index contributed by atoms with van der Waals surface area (Å²) in [6, 6.07) is 11.0. The first kappa shape index (κ1) is 17.1. The maximum absolute atomic E-state index is 12.2. The van der Waals surface area contributed by atoms with Crippen molar-refractivity contribution in [2.75, 3.05) is 18.6 Å². The van der Waals surface area contributed by atoms with Crippen LogP contribution in [0.4, 0.5) is 10.6 Å². The van der Waals surface area contributed by atoms with Gasteiger partial charge in [0.2, 0.25) is 0 Å². The van der Waals surface area contributed by atoms with E-state index in [2.05, 4.69) is 10.3 Å². The number of aryl methyl sites for hydroxylation is 2. The molecule has 0 saturated heterocycles. The van der Waals surface area contributed by atoms with Gasteiger partial charge in [-0.1, -0.05) is 12.1 Å². The quantitative estimate of drug-likeness (QED) is 0.936. The molecular formula is C17H21N3O2S. The van der Waals surface area contributed by atoms with Crippen LogP contribution in [0.3, 0.4) is 0 Å². The highest BCUT2D eigenvalue weighted by atomic mass is 32.2. The van der Waals surface area contributed by atoms with Crippen LogP contribution in [0, 0.1) is 13.8 Å². The lowest BCUT2D eigenvalue weighted by atomic mass is 10.2. The summed E-state index contributed by atoms with van der Waals surface area (Å²) in [5.41, 5.74) is 2.90. The Labute approximate surface area is 139 Å². The molecule has 122 valence electrons. The summed E-state index contributed by atoms with van der Waals surface area (Å²) in [6.07, 6.45) is 1.64. The van der Waals surface area contributed by atoms with Gasteiger partial charge in [0, 0.05) is 41.2 Å². The van der Waals surface area contributed by atoms with Crippen molar-refractivity contribution in [3.05, 3.63) is 53.2 Å². The summed E-state index contributed by atoms with van der Waals surface area (Å²) >= 11 is 0. The van der Waals surface area contributed by atoms with Gasteiger partial charge in [0.05, 0.1) is 0 Å². The molecule has 2 aromatic rings. The Morgan fingerprint density at radius 2 is 1.87 bits per heavy atom. The van der Waals surface area contributed by atoms with Crippen LogP contribution in [0.25, 0.3) is 0 Å². The highest BCUT2D eigenvalue weighted by molar-refractivity contribution is 7.84. The second kappa shape index (κ2) is 7.37. The van der Waals surface area contributed by atoms with Gasteiger partial charge in [0.15, 0.2) is 0 Å². The first-order valence-corrected chi connectivity index (χ1v) is 8.81. The van der Waals surface area contributed by atoms with E-state index in [1.807, 2.05) is 50.2 Å². The van der Waals surface area contributed by atoms with Crippen molar-refractivity contribution in [2.24, 2.45) is 0 Å². The highest BCUT2D eigenvalue weighted by Crippen LogP contribution is 2.12. The summed E-state index contributed by atoms with van der Waals surface area (Å²) in [7, 11) is 0.735. The molecule has 0 saturated carbocycles. The van der Waals surface area contributed by atoms with Crippen molar-refractivity contribution in [3.8, 4) is 0 Å². The molecule has 2 amide bonds. The van der Waals surface area contributed by atoms with Crippen molar-refractivity contribution in [2.45, 2.75) is 25.3 Å². The van der Waals surface area contributed by atoms with Gasteiger partial charge < -0.3 is 4.90 Å². The number of hydrogen-bond donors (Lipinski definition) is 1. The first-order chi connectivity index (χ1) is 10.8. The van der Waals surface area contributed by atoms with Crippen LogP contribution in [0.5, 0.6) is 0 Å². The van der Waals surface area contributed by atoms with Crippen LogP contribution in [-0.2, 0) is 17.3 Å². The number of nitrogens with zero attached hydrogens (tertiary/aromatic N) is 2. The average molecular weight is 331 g/mol. The number of amides is 2. The molecule has 1 aromatic carbocycles. The van der Waals surface area contributed by atoms with E-state index < -0.39 is 10.8 Å². The molecule has 0 spiro atoms. The molecule has 23 heavy (non-hydrogen) atoms. The van der Waals surface area contributed by atoms with Crippen molar-refractivity contribution in [1.82, 2.24) is 9.88 Å². The minimum atomic E-state index is -0.991. The van der Waals surface area contributed by atoms with Crippen molar-refractivity contribution in [1.29, 1.82) is 0 Å². The molecule has 0 aliphatic heterocycles. The van der Waals surface area contributed by atoms with Gasteiger partial charge in [0.25, 0.3) is 0 Å². The summed E-state index contributed by atoms with van der Waals surface area (Å²) in [5.74, 6) is 0.552. The molecule has 1 atom stereocenters. The van der Waals surface area contributed by atoms with Gasteiger partial charge in [-0.25, -0.2) is 9.78 Å². The number of urea groups is 1. The summed E-state index contributed by atoms with van der Waals surface area (Å²) in [4.78, 5) is 18.9. The molecule has 1 N–H and O–H groups in total. The third-order valence-corrected chi connectivity index (χ3v) is 4.29. The van der Waals surface area contributed by atoms with Crippen LogP contribution in [0.15, 0.2) is 41.3 Å².